The lowest BCUT2D eigenvalue weighted by Gasteiger charge is -2.52. The van der Waals surface area contributed by atoms with Gasteiger partial charge in [0.15, 0.2) is 11.4 Å². The molecule has 9 heteroatoms. The number of pyridine rings is 1. The molecule has 0 spiro atoms. The van der Waals surface area contributed by atoms with Crippen LogP contribution in [0.1, 0.15) is 66.3 Å². The summed E-state index contributed by atoms with van der Waals surface area (Å²) in [6.45, 7) is 5.23. The summed E-state index contributed by atoms with van der Waals surface area (Å²) >= 11 is 0. The number of nitriles is 1. The molecule has 1 N–H and O–H groups in total. The highest BCUT2D eigenvalue weighted by Crippen LogP contribution is 2.50. The van der Waals surface area contributed by atoms with Gasteiger partial charge in [-0.15, -0.1) is 0 Å². The molecule has 5 atom stereocenters. The highest BCUT2D eigenvalue weighted by molar-refractivity contribution is 6.02. The zero-order chi connectivity index (χ0) is 27.9. The number of aliphatic hydroxyl groups is 1. The third kappa shape index (κ3) is 4.61. The molecular weight excluding hydrogens is 500 g/mol. The number of hydrogen-bond donors (Lipinski definition) is 1. The molecule has 0 radical (unpaired) electrons. The minimum atomic E-state index is -1.31. The minimum Gasteiger partial charge on any atom is -0.482 e. The molecule has 1 aromatic carbocycles. The normalized spacial score (nSPS) is 25.3. The second-order valence-electron chi connectivity index (χ2n) is 10.5. The molecular formula is C30H28N2O7. The Bertz CT molecular complexity index is 1520. The van der Waals surface area contributed by atoms with E-state index >= 15 is 0 Å². The molecule has 5 rings (SSSR count). The number of Topliss-reactive ketones (excluding diaryl/α,β-unsaturated/α-hetero) is 1. The topological polar surface area (TPSA) is 140 Å². The highest BCUT2D eigenvalue weighted by Gasteiger charge is 2.59. The Kier molecular flexibility index (Phi) is 6.60. The maximum absolute atomic E-state index is 13.9. The molecule has 2 aromatic heterocycles. The van der Waals surface area contributed by atoms with Crippen LogP contribution in [0, 0.1) is 23.2 Å². The predicted octanol–water partition coefficient (Wildman–Crippen LogP) is 4.32. The highest BCUT2D eigenvalue weighted by atomic mass is 16.6. The van der Waals surface area contributed by atoms with Gasteiger partial charge in [-0.25, -0.2) is 9.59 Å². The van der Waals surface area contributed by atoms with E-state index in [0.717, 1.165) is 0 Å². The molecule has 0 saturated heterocycles. The van der Waals surface area contributed by atoms with Crippen LogP contribution in [0.4, 0.5) is 0 Å². The molecule has 9 nitrogen and oxygen atoms in total. The number of benzene rings is 1. The quantitative estimate of drug-likeness (QED) is 0.479. The number of nitrogens with zero attached hydrogens (tertiary/aromatic N) is 2. The Morgan fingerprint density at radius 1 is 1.26 bits per heavy atom. The Labute approximate surface area is 225 Å². The molecule has 39 heavy (non-hydrogen) atoms. The number of rotatable bonds is 5. The number of carbonyl (C=O) groups is 2. The van der Waals surface area contributed by atoms with Crippen LogP contribution in [0.5, 0.6) is 5.75 Å². The van der Waals surface area contributed by atoms with Crippen LogP contribution < -0.4 is 10.4 Å². The van der Waals surface area contributed by atoms with E-state index in [0.29, 0.717) is 17.5 Å². The average molecular weight is 529 g/mol. The first kappa shape index (κ1) is 26.3. The van der Waals surface area contributed by atoms with E-state index < -0.39 is 46.5 Å². The van der Waals surface area contributed by atoms with Crippen molar-refractivity contribution in [2.45, 2.75) is 57.3 Å². The van der Waals surface area contributed by atoms with Gasteiger partial charge in [-0.3, -0.25) is 9.78 Å². The van der Waals surface area contributed by atoms with Crippen molar-refractivity contribution in [3.05, 3.63) is 82.0 Å². The third-order valence-electron chi connectivity index (χ3n) is 8.20. The number of ether oxygens (including phenoxy) is 2. The average Bonchev–Trinajstić information content (AvgIpc) is 2.93. The van der Waals surface area contributed by atoms with E-state index in [1.165, 1.54) is 36.5 Å². The second-order valence-corrected chi connectivity index (χ2v) is 10.5. The van der Waals surface area contributed by atoms with Gasteiger partial charge in [0, 0.05) is 24.0 Å². The fourth-order valence-electron chi connectivity index (χ4n) is 5.51. The van der Waals surface area contributed by atoms with Gasteiger partial charge in [0.1, 0.15) is 23.2 Å². The van der Waals surface area contributed by atoms with Crippen molar-refractivity contribution in [1.29, 1.82) is 5.26 Å². The zero-order valence-corrected chi connectivity index (χ0v) is 21.8. The van der Waals surface area contributed by atoms with Gasteiger partial charge in [-0.2, -0.15) is 5.26 Å². The van der Waals surface area contributed by atoms with Gasteiger partial charge in [0.05, 0.1) is 28.7 Å². The summed E-state index contributed by atoms with van der Waals surface area (Å²) in [6, 6.07) is 12.9. The maximum atomic E-state index is 13.9. The summed E-state index contributed by atoms with van der Waals surface area (Å²) in [4.78, 5) is 44.1. The summed E-state index contributed by atoms with van der Waals surface area (Å²) in [5.41, 5.74) is -2.31. The van der Waals surface area contributed by atoms with Crippen LogP contribution in [-0.4, -0.2) is 39.1 Å². The predicted molar refractivity (Wildman–Crippen MR) is 139 cm³/mol. The number of carbonyl (C=O) groups excluding carboxylic acids is 2. The van der Waals surface area contributed by atoms with Gasteiger partial charge in [-0.05, 0) is 75.4 Å². The SMILES string of the molecule is CCC(C)(O)[C@@H]1C[C@H](OC(=O)c2ccc(C#N)cc2)[C@@]2(C)Oc3cc(-c4cccnc4)oc(=O)c3C(=O)[C@@H]2C1. The van der Waals surface area contributed by atoms with Gasteiger partial charge in [0.25, 0.3) is 0 Å². The van der Waals surface area contributed by atoms with E-state index in [1.54, 1.807) is 32.2 Å². The molecule has 1 unspecified atom stereocenters. The fourth-order valence-corrected chi connectivity index (χ4v) is 5.51. The van der Waals surface area contributed by atoms with Gasteiger partial charge in [0.2, 0.25) is 0 Å². The first-order chi connectivity index (χ1) is 18.6. The van der Waals surface area contributed by atoms with Gasteiger partial charge in [-0.1, -0.05) is 6.92 Å². The number of aromatic nitrogens is 1. The van der Waals surface area contributed by atoms with Crippen molar-refractivity contribution in [2.24, 2.45) is 11.8 Å². The van der Waals surface area contributed by atoms with Crippen molar-refractivity contribution in [3.63, 3.8) is 0 Å². The third-order valence-corrected chi connectivity index (χ3v) is 8.20. The monoisotopic (exact) mass is 528 g/mol. The van der Waals surface area contributed by atoms with E-state index in [2.05, 4.69) is 4.98 Å². The Morgan fingerprint density at radius 3 is 2.64 bits per heavy atom. The summed E-state index contributed by atoms with van der Waals surface area (Å²) < 4.78 is 17.9. The first-order valence-corrected chi connectivity index (χ1v) is 12.8. The molecule has 3 aromatic rings. The smallest absolute Gasteiger partial charge is 0.351 e. The lowest BCUT2D eigenvalue weighted by Crippen LogP contribution is -2.63. The Balaban J connectivity index is 1.56. The van der Waals surface area contributed by atoms with Crippen LogP contribution in [0.25, 0.3) is 11.3 Å². The number of hydrogen-bond acceptors (Lipinski definition) is 9. The van der Waals surface area contributed by atoms with Gasteiger partial charge < -0.3 is 19.0 Å². The molecule has 200 valence electrons. The van der Waals surface area contributed by atoms with Crippen molar-refractivity contribution >= 4 is 11.8 Å². The Hall–Kier alpha value is -4.29. The number of fused-ring (bicyclic) bond motifs is 2. The molecule has 1 fully saturated rings. The van der Waals surface area contributed by atoms with Gasteiger partial charge >= 0.3 is 11.6 Å². The Morgan fingerprint density at radius 2 is 2.00 bits per heavy atom. The molecule has 0 bridgehead atoms. The molecule has 1 saturated carbocycles. The first-order valence-electron chi connectivity index (χ1n) is 12.8. The molecule has 2 aliphatic rings. The van der Waals surface area contributed by atoms with Crippen LogP contribution in [0.2, 0.25) is 0 Å². The lowest BCUT2D eigenvalue weighted by atomic mass is 9.62. The zero-order valence-electron chi connectivity index (χ0n) is 21.8. The largest absolute Gasteiger partial charge is 0.482 e. The van der Waals surface area contributed by atoms with Crippen molar-refractivity contribution in [2.75, 3.05) is 0 Å². The molecule has 1 aliphatic heterocycles. The summed E-state index contributed by atoms with van der Waals surface area (Å²) in [5.74, 6) is -2.15. The van der Waals surface area contributed by atoms with Crippen molar-refractivity contribution in [3.8, 4) is 23.1 Å². The fraction of sp³-hybridized carbons (Fsp3) is 0.367. The standard InChI is InChI=1S/C30H28N2O7/c1-4-29(2,36)20-12-21-26(33)25-23(14-22(37-28(25)35)19-6-5-11-32-16-19)39-30(21,3)24(13-20)38-27(34)18-9-7-17(15-31)8-10-18/h5-11,14,16,20-21,24,36H,4,12-13H2,1-3H3/t20-,21-,24-,29?,30-/m0/s1. The molecule has 3 heterocycles. The second kappa shape index (κ2) is 9.79. The van der Waals surface area contributed by atoms with E-state index in [1.807, 2.05) is 13.0 Å². The van der Waals surface area contributed by atoms with Crippen LogP contribution in [0.15, 0.2) is 64.1 Å². The van der Waals surface area contributed by atoms with E-state index in [-0.39, 0.29) is 35.5 Å². The van der Waals surface area contributed by atoms with E-state index in [4.69, 9.17) is 19.2 Å². The molecule has 1 aliphatic carbocycles. The van der Waals surface area contributed by atoms with Crippen molar-refractivity contribution < 1.29 is 28.6 Å². The summed E-state index contributed by atoms with van der Waals surface area (Å²) in [6.07, 6.45) is 3.09. The van der Waals surface area contributed by atoms with Crippen LogP contribution in [-0.2, 0) is 4.74 Å². The summed E-state index contributed by atoms with van der Waals surface area (Å²) in [7, 11) is 0. The lowest BCUT2D eigenvalue weighted by molar-refractivity contribution is -0.146. The number of esters is 1. The number of ketones is 1. The van der Waals surface area contributed by atoms with E-state index in [9.17, 15) is 19.5 Å². The van der Waals surface area contributed by atoms with Crippen LogP contribution in [0.3, 0.4) is 0 Å². The van der Waals surface area contributed by atoms with Crippen molar-refractivity contribution in [1.82, 2.24) is 4.98 Å². The molecule has 0 amide bonds. The van der Waals surface area contributed by atoms with Crippen LogP contribution >= 0.6 is 0 Å². The maximum Gasteiger partial charge on any atom is 0.351 e. The summed E-state index contributed by atoms with van der Waals surface area (Å²) in [5, 5.41) is 20.2. The minimum absolute atomic E-state index is 0.0500.